The lowest BCUT2D eigenvalue weighted by Gasteiger charge is -2.19. The Kier molecular flexibility index (Phi) is 2.68. The second kappa shape index (κ2) is 4.38. The van der Waals surface area contributed by atoms with Crippen molar-refractivity contribution in [2.24, 2.45) is 23.7 Å². The van der Waals surface area contributed by atoms with E-state index in [0.717, 1.165) is 4.90 Å². The predicted molar refractivity (Wildman–Crippen MR) is 80.4 cm³/mol. The van der Waals surface area contributed by atoms with Gasteiger partial charge in [-0.05, 0) is 26.0 Å². The summed E-state index contributed by atoms with van der Waals surface area (Å²) in [5.41, 5.74) is 2.45. The highest BCUT2D eigenvalue weighted by molar-refractivity contribution is 6.23. The molecule has 22 heavy (non-hydrogen) atoms. The van der Waals surface area contributed by atoms with E-state index in [-0.39, 0.29) is 41.2 Å². The largest absolute Gasteiger partial charge is 0.274 e. The van der Waals surface area contributed by atoms with E-state index in [4.69, 9.17) is 0 Å². The lowest BCUT2D eigenvalue weighted by atomic mass is 9.85. The summed E-state index contributed by atoms with van der Waals surface area (Å²) in [4.78, 5) is 26.6. The van der Waals surface area contributed by atoms with Crippen LogP contribution in [0.3, 0.4) is 0 Å². The van der Waals surface area contributed by atoms with Crippen LogP contribution in [0.15, 0.2) is 47.6 Å². The molecule has 1 aromatic carbocycles. The van der Waals surface area contributed by atoms with Crippen molar-refractivity contribution in [3.8, 4) is 0 Å². The van der Waals surface area contributed by atoms with Crippen LogP contribution in [0, 0.1) is 29.5 Å². The number of imide groups is 1. The fourth-order valence-corrected chi connectivity index (χ4v) is 4.30. The van der Waals surface area contributed by atoms with Crippen molar-refractivity contribution in [3.63, 3.8) is 0 Å². The predicted octanol–water partition coefficient (Wildman–Crippen LogP) is 3.08. The molecule has 4 rings (SSSR count). The number of para-hydroxylation sites is 1. The van der Waals surface area contributed by atoms with E-state index in [0.29, 0.717) is 0 Å². The van der Waals surface area contributed by atoms with Crippen LogP contribution < -0.4 is 4.90 Å². The molecule has 2 fully saturated rings. The minimum Gasteiger partial charge on any atom is -0.274 e. The highest BCUT2D eigenvalue weighted by atomic mass is 19.1. The Morgan fingerprint density at radius 3 is 2.05 bits per heavy atom. The summed E-state index contributed by atoms with van der Waals surface area (Å²) in [6.07, 6.45) is 4.06. The number of carbonyl (C=O) groups is 2. The van der Waals surface area contributed by atoms with Crippen LogP contribution in [-0.4, -0.2) is 11.8 Å². The van der Waals surface area contributed by atoms with Crippen molar-refractivity contribution in [2.45, 2.75) is 13.8 Å². The number of fused-ring (bicyclic) bond motifs is 5. The number of amides is 2. The average Bonchev–Trinajstić information content (AvgIpc) is 3.11. The highest BCUT2D eigenvalue weighted by Crippen LogP contribution is 2.57. The zero-order chi connectivity index (χ0) is 15.6. The molecular weight excluding hydrogens is 281 g/mol. The van der Waals surface area contributed by atoms with Crippen molar-refractivity contribution in [1.29, 1.82) is 0 Å². The molecule has 0 unspecified atom stereocenters. The van der Waals surface area contributed by atoms with Crippen molar-refractivity contribution < 1.29 is 14.0 Å². The molecule has 0 radical (unpaired) electrons. The zero-order valence-electron chi connectivity index (χ0n) is 12.4. The number of carbonyl (C=O) groups excluding carboxylic acids is 2. The van der Waals surface area contributed by atoms with E-state index >= 15 is 0 Å². The minimum atomic E-state index is -0.535. The van der Waals surface area contributed by atoms with Crippen LogP contribution in [0.4, 0.5) is 10.1 Å². The molecule has 3 aliphatic rings. The van der Waals surface area contributed by atoms with E-state index in [1.807, 2.05) is 26.0 Å². The van der Waals surface area contributed by atoms with Gasteiger partial charge in [0.25, 0.3) is 0 Å². The number of benzene rings is 1. The summed E-state index contributed by atoms with van der Waals surface area (Å²) in [5, 5.41) is 0. The standard InChI is InChI=1S/C18H16FNO2/c1-9(2)14-10-7-8-11(14)16-15(10)17(21)20(18(16)22)13-6-4-3-5-12(13)19/h3-8,10-11,15-16H,1-2H3/t10-,11-,15+,16+/m1/s1. The van der Waals surface area contributed by atoms with Gasteiger partial charge in [-0.25, -0.2) is 9.29 Å². The van der Waals surface area contributed by atoms with Crippen LogP contribution in [0.2, 0.25) is 0 Å². The maximum atomic E-state index is 14.0. The Labute approximate surface area is 128 Å². The van der Waals surface area contributed by atoms with Crippen LogP contribution in [0.25, 0.3) is 0 Å². The molecular formula is C18H16FNO2. The number of rotatable bonds is 1. The minimum absolute atomic E-state index is 0.00627. The first-order valence-corrected chi connectivity index (χ1v) is 7.50. The van der Waals surface area contributed by atoms with Crippen LogP contribution in [-0.2, 0) is 9.59 Å². The highest BCUT2D eigenvalue weighted by Gasteiger charge is 2.62. The van der Waals surface area contributed by atoms with Crippen LogP contribution >= 0.6 is 0 Å². The van der Waals surface area contributed by atoms with Gasteiger partial charge in [0.1, 0.15) is 5.82 Å². The Morgan fingerprint density at radius 2 is 1.55 bits per heavy atom. The summed E-state index contributed by atoms with van der Waals surface area (Å²) in [6.45, 7) is 4.04. The normalized spacial score (nSPS) is 32.1. The first kappa shape index (κ1) is 13.4. The van der Waals surface area contributed by atoms with Gasteiger partial charge in [-0.3, -0.25) is 9.59 Å². The third-order valence-electron chi connectivity index (χ3n) is 5.09. The first-order chi connectivity index (χ1) is 10.5. The number of allylic oxidation sites excluding steroid dienone is 4. The molecule has 0 N–H and O–H groups in total. The molecule has 4 heteroatoms. The molecule has 0 aromatic heterocycles. The Hall–Kier alpha value is -2.23. The van der Waals surface area contributed by atoms with Gasteiger partial charge in [0, 0.05) is 11.8 Å². The number of anilines is 1. The van der Waals surface area contributed by atoms with Crippen molar-refractivity contribution in [1.82, 2.24) is 0 Å². The smallest absolute Gasteiger partial charge is 0.238 e. The fraction of sp³-hybridized carbons (Fsp3) is 0.333. The van der Waals surface area contributed by atoms with Crippen LogP contribution in [0.1, 0.15) is 13.8 Å². The lowest BCUT2D eigenvalue weighted by molar-refractivity contribution is -0.123. The molecule has 1 heterocycles. The van der Waals surface area contributed by atoms with Crippen molar-refractivity contribution in [2.75, 3.05) is 4.90 Å². The molecule has 112 valence electrons. The molecule has 2 bridgehead atoms. The van der Waals surface area contributed by atoms with Crippen LogP contribution in [0.5, 0.6) is 0 Å². The Balaban J connectivity index is 1.80. The molecule has 0 spiro atoms. The number of hydrogen-bond acceptors (Lipinski definition) is 2. The molecule has 1 aromatic rings. The molecule has 3 nitrogen and oxygen atoms in total. The zero-order valence-corrected chi connectivity index (χ0v) is 12.4. The summed E-state index contributed by atoms with van der Waals surface area (Å²) >= 11 is 0. The third-order valence-corrected chi connectivity index (χ3v) is 5.09. The summed E-state index contributed by atoms with van der Waals surface area (Å²) in [5.74, 6) is -1.82. The van der Waals surface area contributed by atoms with E-state index in [1.165, 1.54) is 23.3 Å². The van der Waals surface area contributed by atoms with Gasteiger partial charge in [-0.1, -0.05) is 35.4 Å². The molecule has 1 aliphatic heterocycles. The fourth-order valence-electron chi connectivity index (χ4n) is 4.30. The van der Waals surface area contributed by atoms with Gasteiger partial charge < -0.3 is 0 Å². The van der Waals surface area contributed by atoms with Crippen molar-refractivity contribution >= 4 is 17.5 Å². The van der Waals surface area contributed by atoms with Gasteiger partial charge in [-0.15, -0.1) is 0 Å². The Morgan fingerprint density at radius 1 is 1.00 bits per heavy atom. The molecule has 4 atom stereocenters. The van der Waals surface area contributed by atoms with E-state index in [1.54, 1.807) is 12.1 Å². The molecule has 1 saturated carbocycles. The lowest BCUT2D eigenvalue weighted by Crippen LogP contribution is -2.33. The third kappa shape index (κ3) is 1.50. The van der Waals surface area contributed by atoms with Gasteiger partial charge in [0.2, 0.25) is 11.8 Å². The number of halogens is 1. The molecule has 2 amide bonds. The van der Waals surface area contributed by atoms with Gasteiger partial charge in [0.15, 0.2) is 0 Å². The quantitative estimate of drug-likeness (QED) is 0.590. The summed E-state index contributed by atoms with van der Waals surface area (Å²) in [6, 6.07) is 5.96. The average molecular weight is 297 g/mol. The Bertz CT molecular complexity index is 726. The SMILES string of the molecule is CC(C)=C1[C@H]2C=C[C@H]1[C@@H]1C(=O)N(c3ccccc3F)C(=O)[C@H]12. The topological polar surface area (TPSA) is 37.4 Å². The van der Waals surface area contributed by atoms with E-state index in [2.05, 4.69) is 0 Å². The van der Waals surface area contributed by atoms with Gasteiger partial charge >= 0.3 is 0 Å². The first-order valence-electron chi connectivity index (χ1n) is 7.50. The number of hydrogen-bond donors (Lipinski definition) is 0. The maximum Gasteiger partial charge on any atom is 0.238 e. The number of nitrogens with zero attached hydrogens (tertiary/aromatic N) is 1. The molecule has 2 aliphatic carbocycles. The second-order valence-electron chi connectivity index (χ2n) is 6.41. The van der Waals surface area contributed by atoms with E-state index in [9.17, 15) is 14.0 Å². The maximum absolute atomic E-state index is 14.0. The van der Waals surface area contributed by atoms with Crippen molar-refractivity contribution in [3.05, 3.63) is 53.4 Å². The second-order valence-corrected chi connectivity index (χ2v) is 6.41. The summed E-state index contributed by atoms with van der Waals surface area (Å²) in [7, 11) is 0. The molecule has 1 saturated heterocycles. The van der Waals surface area contributed by atoms with E-state index < -0.39 is 5.82 Å². The van der Waals surface area contributed by atoms with Gasteiger partial charge in [0.05, 0.1) is 17.5 Å². The monoisotopic (exact) mass is 297 g/mol. The summed E-state index contributed by atoms with van der Waals surface area (Å²) < 4.78 is 14.0. The van der Waals surface area contributed by atoms with Gasteiger partial charge in [-0.2, -0.15) is 0 Å².